The highest BCUT2D eigenvalue weighted by molar-refractivity contribution is 5.95. The number of rotatable bonds is 7. The summed E-state index contributed by atoms with van der Waals surface area (Å²) in [6.07, 6.45) is 3.25. The maximum absolute atomic E-state index is 12.3. The number of fused-ring (bicyclic) bond motifs is 1. The number of carbonyl (C=O) groups is 2. The molecule has 0 radical (unpaired) electrons. The molecule has 0 aliphatic heterocycles. The van der Waals surface area contributed by atoms with Crippen LogP contribution in [0.15, 0.2) is 48.5 Å². The van der Waals surface area contributed by atoms with Crippen LogP contribution in [0.1, 0.15) is 17.5 Å². The molecule has 6 nitrogen and oxygen atoms in total. The van der Waals surface area contributed by atoms with Crippen molar-refractivity contribution in [2.24, 2.45) is 0 Å². The molecule has 0 N–H and O–H groups in total. The van der Waals surface area contributed by atoms with Crippen LogP contribution in [0.3, 0.4) is 0 Å². The number of hydrogen-bond acceptors (Lipinski definition) is 5. The third-order valence-electron chi connectivity index (χ3n) is 4.38. The number of nitriles is 1. The highest BCUT2D eigenvalue weighted by atomic mass is 16.6. The van der Waals surface area contributed by atoms with Gasteiger partial charge in [-0.05, 0) is 54.7 Å². The van der Waals surface area contributed by atoms with Crippen LogP contribution in [0.5, 0.6) is 5.75 Å². The molecule has 0 unspecified atom stereocenters. The van der Waals surface area contributed by atoms with Gasteiger partial charge in [0.2, 0.25) is 0 Å². The predicted molar refractivity (Wildman–Crippen MR) is 99.3 cm³/mol. The molecule has 138 valence electrons. The second-order valence-corrected chi connectivity index (χ2v) is 6.21. The summed E-state index contributed by atoms with van der Waals surface area (Å²) in [5.74, 6) is -0.475. The van der Waals surface area contributed by atoms with Gasteiger partial charge in [0.25, 0.3) is 5.91 Å². The van der Waals surface area contributed by atoms with Crippen LogP contribution < -0.4 is 9.64 Å². The van der Waals surface area contributed by atoms with Crippen LogP contribution in [0.4, 0.5) is 5.69 Å². The number of para-hydroxylation sites is 1. The maximum Gasteiger partial charge on any atom is 0.344 e. The molecule has 1 amide bonds. The molecular formula is C21H20N2O4. The first-order valence-corrected chi connectivity index (χ1v) is 8.80. The lowest BCUT2D eigenvalue weighted by Crippen LogP contribution is -2.35. The summed E-state index contributed by atoms with van der Waals surface area (Å²) >= 11 is 0. The van der Waals surface area contributed by atoms with Crippen molar-refractivity contribution in [3.05, 3.63) is 59.7 Å². The molecule has 1 aliphatic rings. The molecule has 2 aromatic rings. The largest absolute Gasteiger partial charge is 0.482 e. The van der Waals surface area contributed by atoms with Gasteiger partial charge in [0.1, 0.15) is 12.3 Å². The molecule has 6 heteroatoms. The molecule has 0 spiro atoms. The second kappa shape index (κ2) is 8.86. The Hall–Kier alpha value is -3.33. The summed E-state index contributed by atoms with van der Waals surface area (Å²) in [6, 6.07) is 16.5. The number of carbonyl (C=O) groups excluding carboxylic acids is 2. The summed E-state index contributed by atoms with van der Waals surface area (Å²) in [5.41, 5.74) is 3.16. The molecule has 0 fully saturated rings. The third-order valence-corrected chi connectivity index (χ3v) is 4.38. The van der Waals surface area contributed by atoms with Crippen molar-refractivity contribution in [2.75, 3.05) is 24.7 Å². The van der Waals surface area contributed by atoms with Crippen molar-refractivity contribution < 1.29 is 19.1 Å². The Bertz CT molecular complexity index is 858. The molecule has 3 rings (SSSR count). The average Bonchev–Trinajstić information content (AvgIpc) is 3.17. The van der Waals surface area contributed by atoms with E-state index in [0.29, 0.717) is 11.4 Å². The minimum Gasteiger partial charge on any atom is -0.482 e. The number of anilines is 1. The second-order valence-electron chi connectivity index (χ2n) is 6.21. The van der Waals surface area contributed by atoms with Crippen LogP contribution in [0.25, 0.3) is 0 Å². The van der Waals surface area contributed by atoms with Crippen LogP contribution in [-0.2, 0) is 27.2 Å². The van der Waals surface area contributed by atoms with Gasteiger partial charge in [0.05, 0.1) is 6.07 Å². The molecule has 0 aromatic heterocycles. The van der Waals surface area contributed by atoms with Crippen molar-refractivity contribution in [3.8, 4) is 11.8 Å². The summed E-state index contributed by atoms with van der Waals surface area (Å²) in [4.78, 5) is 25.5. The van der Waals surface area contributed by atoms with Crippen LogP contribution in [0.2, 0.25) is 0 Å². The van der Waals surface area contributed by atoms with Gasteiger partial charge in [-0.1, -0.05) is 24.3 Å². The number of amides is 1. The first kappa shape index (κ1) is 18.5. The topological polar surface area (TPSA) is 79.6 Å². The Labute approximate surface area is 157 Å². The predicted octanol–water partition coefficient (Wildman–Crippen LogP) is 2.65. The number of ether oxygens (including phenoxy) is 2. The smallest absolute Gasteiger partial charge is 0.344 e. The normalized spacial score (nSPS) is 12.0. The zero-order chi connectivity index (χ0) is 19.1. The highest BCUT2D eigenvalue weighted by Gasteiger charge is 2.18. The van der Waals surface area contributed by atoms with Crippen molar-refractivity contribution in [1.29, 1.82) is 5.26 Å². The summed E-state index contributed by atoms with van der Waals surface area (Å²) in [5, 5.41) is 8.93. The minimum atomic E-state index is -0.631. The number of nitrogens with zero attached hydrogens (tertiary/aromatic N) is 2. The number of aryl methyl sites for hydroxylation is 2. The molecule has 0 heterocycles. The Morgan fingerprint density at radius 2 is 1.81 bits per heavy atom. The van der Waals surface area contributed by atoms with Gasteiger partial charge in [-0.15, -0.1) is 0 Å². The average molecular weight is 364 g/mol. The van der Waals surface area contributed by atoms with E-state index in [-0.39, 0.29) is 13.2 Å². The molecule has 0 atom stereocenters. The monoisotopic (exact) mass is 364 g/mol. The van der Waals surface area contributed by atoms with Gasteiger partial charge in [-0.25, -0.2) is 4.79 Å². The molecule has 1 aliphatic carbocycles. The summed E-state index contributed by atoms with van der Waals surface area (Å²) in [6.45, 7) is -0.829. The van der Waals surface area contributed by atoms with Crippen LogP contribution in [0, 0.1) is 11.3 Å². The first-order chi connectivity index (χ1) is 13.2. The van der Waals surface area contributed by atoms with E-state index < -0.39 is 18.5 Å². The van der Waals surface area contributed by atoms with Crippen molar-refractivity contribution in [1.82, 2.24) is 0 Å². The van der Waals surface area contributed by atoms with E-state index in [9.17, 15) is 9.59 Å². The lowest BCUT2D eigenvalue weighted by molar-refractivity contribution is -0.149. The standard InChI is InChI=1S/C21H20N2O4/c22-11-12-23(18-7-2-1-3-8-18)20(24)14-27-21(25)15-26-19-10-9-16-5-4-6-17(16)13-19/h1-3,7-10,13H,4-6,12,14-15H2. The van der Waals surface area contributed by atoms with E-state index in [1.165, 1.54) is 16.0 Å². The van der Waals surface area contributed by atoms with Gasteiger partial charge in [0, 0.05) is 5.69 Å². The fourth-order valence-electron chi connectivity index (χ4n) is 3.04. The third kappa shape index (κ3) is 4.85. The minimum absolute atomic E-state index is 0.119. The van der Waals surface area contributed by atoms with Crippen molar-refractivity contribution >= 4 is 17.6 Å². The Kier molecular flexibility index (Phi) is 6.06. The zero-order valence-electron chi connectivity index (χ0n) is 14.9. The van der Waals surface area contributed by atoms with Crippen LogP contribution >= 0.6 is 0 Å². The molecule has 0 bridgehead atoms. The van der Waals surface area contributed by atoms with Gasteiger partial charge in [-0.2, -0.15) is 5.26 Å². The molecule has 27 heavy (non-hydrogen) atoms. The lowest BCUT2D eigenvalue weighted by Gasteiger charge is -2.19. The summed E-state index contributed by atoms with van der Waals surface area (Å²) < 4.78 is 10.5. The zero-order valence-corrected chi connectivity index (χ0v) is 14.9. The fraction of sp³-hybridized carbons (Fsp3) is 0.286. The van der Waals surface area contributed by atoms with Crippen molar-refractivity contribution in [2.45, 2.75) is 19.3 Å². The Morgan fingerprint density at radius 1 is 1.04 bits per heavy atom. The van der Waals surface area contributed by atoms with Crippen molar-refractivity contribution in [3.63, 3.8) is 0 Å². The van der Waals surface area contributed by atoms with E-state index in [1.807, 2.05) is 30.3 Å². The Balaban J connectivity index is 1.49. The van der Waals surface area contributed by atoms with E-state index in [2.05, 4.69) is 0 Å². The van der Waals surface area contributed by atoms with Gasteiger partial charge in [-0.3, -0.25) is 9.69 Å². The highest BCUT2D eigenvalue weighted by Crippen LogP contribution is 2.26. The van der Waals surface area contributed by atoms with Crippen LogP contribution in [-0.4, -0.2) is 31.6 Å². The quantitative estimate of drug-likeness (QED) is 0.557. The number of hydrogen-bond donors (Lipinski definition) is 0. The van der Waals surface area contributed by atoms with Gasteiger partial charge < -0.3 is 9.47 Å². The van der Waals surface area contributed by atoms with Gasteiger partial charge >= 0.3 is 5.97 Å². The van der Waals surface area contributed by atoms with E-state index >= 15 is 0 Å². The maximum atomic E-state index is 12.3. The number of esters is 1. The molecule has 0 saturated carbocycles. The molecular weight excluding hydrogens is 344 g/mol. The first-order valence-electron chi connectivity index (χ1n) is 8.80. The van der Waals surface area contributed by atoms with Gasteiger partial charge in [0.15, 0.2) is 13.2 Å². The Morgan fingerprint density at radius 3 is 2.59 bits per heavy atom. The lowest BCUT2D eigenvalue weighted by atomic mass is 10.1. The van der Waals surface area contributed by atoms with E-state index in [4.69, 9.17) is 14.7 Å². The van der Waals surface area contributed by atoms with E-state index in [0.717, 1.165) is 19.3 Å². The molecule has 0 saturated heterocycles. The SMILES string of the molecule is N#CCN(C(=O)COC(=O)COc1ccc2c(c1)CCC2)c1ccccc1. The number of benzene rings is 2. The van der Waals surface area contributed by atoms with E-state index in [1.54, 1.807) is 24.3 Å². The molecule has 2 aromatic carbocycles. The summed E-state index contributed by atoms with van der Waals surface area (Å²) in [7, 11) is 0. The fourth-order valence-corrected chi connectivity index (χ4v) is 3.04.